The molecule has 2 aliphatic rings. The van der Waals surface area contributed by atoms with Crippen molar-refractivity contribution in [2.24, 2.45) is 5.92 Å². The zero-order valence-corrected chi connectivity index (χ0v) is 13.5. The van der Waals surface area contributed by atoms with Crippen molar-refractivity contribution in [1.29, 1.82) is 0 Å². The number of carbonyl (C=O) groups is 4. The summed E-state index contributed by atoms with van der Waals surface area (Å²) in [6, 6.07) is -0.568. The number of carbonyl (C=O) groups excluding carboxylic acids is 3. The van der Waals surface area contributed by atoms with Crippen molar-refractivity contribution >= 4 is 23.8 Å². The molecule has 1 saturated heterocycles. The summed E-state index contributed by atoms with van der Waals surface area (Å²) in [6.45, 7) is 1.22. The molecule has 2 N–H and O–H groups in total. The fourth-order valence-corrected chi connectivity index (χ4v) is 3.28. The Hall–Kier alpha value is -2.12. The molecule has 2 rings (SSSR count). The van der Waals surface area contributed by atoms with Crippen LogP contribution < -0.4 is 5.32 Å². The summed E-state index contributed by atoms with van der Waals surface area (Å²) >= 11 is 0. The lowest BCUT2D eigenvalue weighted by Crippen LogP contribution is -2.50. The SMILES string of the molecule is CCC1CCC2(CC1)NC(=O)N(CC(=O)N(C)CC(=O)O)C2=O. The average molecular weight is 325 g/mol. The van der Waals surface area contributed by atoms with E-state index in [0.717, 1.165) is 29.1 Å². The number of urea groups is 1. The van der Waals surface area contributed by atoms with E-state index in [1.807, 2.05) is 0 Å². The van der Waals surface area contributed by atoms with Crippen molar-refractivity contribution in [3.63, 3.8) is 0 Å². The Morgan fingerprint density at radius 2 is 1.96 bits per heavy atom. The van der Waals surface area contributed by atoms with Crippen molar-refractivity contribution in [2.75, 3.05) is 20.1 Å². The first-order valence-corrected chi connectivity index (χ1v) is 7.89. The molecule has 0 aromatic carbocycles. The van der Waals surface area contributed by atoms with E-state index in [1.54, 1.807) is 0 Å². The highest BCUT2D eigenvalue weighted by molar-refractivity contribution is 6.09. The molecule has 0 atom stereocenters. The molecule has 4 amide bonds. The second-order valence-electron chi connectivity index (χ2n) is 6.40. The van der Waals surface area contributed by atoms with Crippen LogP contribution in [0.2, 0.25) is 0 Å². The van der Waals surface area contributed by atoms with Crippen LogP contribution in [0.5, 0.6) is 0 Å². The van der Waals surface area contributed by atoms with Gasteiger partial charge in [-0.3, -0.25) is 19.3 Å². The molecule has 0 bridgehead atoms. The third kappa shape index (κ3) is 3.46. The highest BCUT2D eigenvalue weighted by atomic mass is 16.4. The minimum absolute atomic E-state index is 0.367. The van der Waals surface area contributed by atoms with Crippen molar-refractivity contribution in [1.82, 2.24) is 15.1 Å². The molecule has 0 radical (unpaired) electrons. The Labute approximate surface area is 134 Å². The van der Waals surface area contributed by atoms with Gasteiger partial charge in [0.15, 0.2) is 0 Å². The molecule has 2 fully saturated rings. The van der Waals surface area contributed by atoms with E-state index in [0.29, 0.717) is 18.8 Å². The number of carboxylic acid groups (broad SMARTS) is 1. The third-order valence-corrected chi connectivity index (χ3v) is 4.87. The molecule has 128 valence electrons. The molecule has 23 heavy (non-hydrogen) atoms. The number of rotatable bonds is 5. The number of amides is 4. The number of nitrogens with one attached hydrogen (secondary N) is 1. The van der Waals surface area contributed by atoms with Crippen LogP contribution in [0.4, 0.5) is 4.79 Å². The fraction of sp³-hybridized carbons (Fsp3) is 0.733. The molecule has 0 unspecified atom stereocenters. The topological polar surface area (TPSA) is 107 Å². The van der Waals surface area contributed by atoms with Gasteiger partial charge in [-0.05, 0) is 31.6 Å². The van der Waals surface area contributed by atoms with Gasteiger partial charge in [0.2, 0.25) is 5.91 Å². The molecular formula is C15H23N3O5. The maximum Gasteiger partial charge on any atom is 0.325 e. The van der Waals surface area contributed by atoms with Crippen LogP contribution in [0.15, 0.2) is 0 Å². The fourth-order valence-electron chi connectivity index (χ4n) is 3.28. The normalized spacial score (nSPS) is 27.2. The van der Waals surface area contributed by atoms with Gasteiger partial charge < -0.3 is 15.3 Å². The van der Waals surface area contributed by atoms with E-state index in [1.165, 1.54) is 7.05 Å². The maximum absolute atomic E-state index is 12.6. The average Bonchev–Trinajstić information content (AvgIpc) is 2.72. The second kappa shape index (κ2) is 6.55. The molecular weight excluding hydrogens is 302 g/mol. The molecule has 1 aliphatic carbocycles. The second-order valence-corrected chi connectivity index (χ2v) is 6.40. The number of likely N-dealkylation sites (N-methyl/N-ethyl adjacent to an activating group) is 1. The van der Waals surface area contributed by atoms with Crippen LogP contribution in [0.25, 0.3) is 0 Å². The molecule has 1 heterocycles. The van der Waals surface area contributed by atoms with Gasteiger partial charge in [0.1, 0.15) is 18.6 Å². The summed E-state index contributed by atoms with van der Waals surface area (Å²) in [7, 11) is 1.33. The minimum atomic E-state index is -1.15. The number of hydrogen-bond acceptors (Lipinski definition) is 4. The predicted octanol–water partition coefficient (Wildman–Crippen LogP) is 0.420. The summed E-state index contributed by atoms with van der Waals surface area (Å²) in [5.74, 6) is -1.51. The van der Waals surface area contributed by atoms with Crippen LogP contribution in [-0.4, -0.2) is 64.4 Å². The molecule has 8 heteroatoms. The van der Waals surface area contributed by atoms with E-state index in [2.05, 4.69) is 12.2 Å². The molecule has 1 aliphatic heterocycles. The summed E-state index contributed by atoms with van der Waals surface area (Å²) in [4.78, 5) is 49.2. The number of nitrogens with zero attached hydrogens (tertiary/aromatic N) is 2. The Balaban J connectivity index is 2.02. The van der Waals surface area contributed by atoms with Crippen LogP contribution in [0.1, 0.15) is 39.0 Å². The highest BCUT2D eigenvalue weighted by Crippen LogP contribution is 2.37. The van der Waals surface area contributed by atoms with Crippen LogP contribution in [-0.2, 0) is 14.4 Å². The molecule has 0 aromatic heterocycles. The van der Waals surface area contributed by atoms with Crippen molar-refractivity contribution < 1.29 is 24.3 Å². The highest BCUT2D eigenvalue weighted by Gasteiger charge is 2.52. The zero-order chi connectivity index (χ0) is 17.2. The summed E-state index contributed by atoms with van der Waals surface area (Å²) in [5.41, 5.74) is -0.881. The largest absolute Gasteiger partial charge is 0.480 e. The molecule has 1 spiro atoms. The lowest BCUT2D eigenvalue weighted by atomic mass is 9.75. The quantitative estimate of drug-likeness (QED) is 0.712. The smallest absolute Gasteiger partial charge is 0.325 e. The lowest BCUT2D eigenvalue weighted by Gasteiger charge is -2.34. The van der Waals surface area contributed by atoms with E-state index < -0.39 is 36.5 Å². The van der Waals surface area contributed by atoms with Gasteiger partial charge in [-0.25, -0.2) is 4.79 Å². The molecule has 0 aromatic rings. The van der Waals surface area contributed by atoms with Gasteiger partial charge in [0.25, 0.3) is 5.91 Å². The van der Waals surface area contributed by atoms with Crippen molar-refractivity contribution in [3.8, 4) is 0 Å². The standard InChI is InChI=1S/C15H23N3O5/c1-3-10-4-6-15(7-5-10)13(22)18(14(23)16-15)8-11(19)17(2)9-12(20)21/h10H,3-9H2,1-2H3,(H,16,23)(H,20,21). The zero-order valence-electron chi connectivity index (χ0n) is 13.5. The Kier molecular flexibility index (Phi) is 4.91. The Morgan fingerprint density at radius 1 is 1.35 bits per heavy atom. The molecule has 8 nitrogen and oxygen atoms in total. The van der Waals surface area contributed by atoms with Crippen molar-refractivity contribution in [3.05, 3.63) is 0 Å². The van der Waals surface area contributed by atoms with Gasteiger partial charge in [0, 0.05) is 7.05 Å². The van der Waals surface area contributed by atoms with E-state index in [-0.39, 0.29) is 5.91 Å². The van der Waals surface area contributed by atoms with Gasteiger partial charge in [-0.15, -0.1) is 0 Å². The number of aliphatic carboxylic acids is 1. The predicted molar refractivity (Wildman–Crippen MR) is 80.5 cm³/mol. The number of carboxylic acids is 1. The third-order valence-electron chi connectivity index (χ3n) is 4.87. The van der Waals surface area contributed by atoms with Gasteiger partial charge >= 0.3 is 12.0 Å². The van der Waals surface area contributed by atoms with E-state index in [9.17, 15) is 19.2 Å². The summed E-state index contributed by atoms with van der Waals surface area (Å²) in [6.07, 6.45) is 3.99. The van der Waals surface area contributed by atoms with Gasteiger partial charge in [0.05, 0.1) is 0 Å². The maximum atomic E-state index is 12.6. The Bertz CT molecular complexity index is 525. The summed E-state index contributed by atoms with van der Waals surface area (Å²) < 4.78 is 0. The van der Waals surface area contributed by atoms with Gasteiger partial charge in [-0.1, -0.05) is 13.3 Å². The molecule has 1 saturated carbocycles. The lowest BCUT2D eigenvalue weighted by molar-refractivity contribution is -0.144. The van der Waals surface area contributed by atoms with E-state index >= 15 is 0 Å². The first kappa shape index (κ1) is 17.2. The van der Waals surface area contributed by atoms with E-state index in [4.69, 9.17) is 5.11 Å². The van der Waals surface area contributed by atoms with Crippen LogP contribution in [0, 0.1) is 5.92 Å². The van der Waals surface area contributed by atoms with Crippen molar-refractivity contribution in [2.45, 2.75) is 44.6 Å². The number of hydrogen-bond donors (Lipinski definition) is 2. The first-order chi connectivity index (χ1) is 10.8. The van der Waals surface area contributed by atoms with Gasteiger partial charge in [-0.2, -0.15) is 0 Å². The number of imide groups is 1. The minimum Gasteiger partial charge on any atom is -0.480 e. The monoisotopic (exact) mass is 325 g/mol. The van der Waals surface area contributed by atoms with Crippen LogP contribution >= 0.6 is 0 Å². The van der Waals surface area contributed by atoms with Crippen LogP contribution in [0.3, 0.4) is 0 Å². The Morgan fingerprint density at radius 3 is 2.48 bits per heavy atom. The summed E-state index contributed by atoms with van der Waals surface area (Å²) in [5, 5.41) is 11.4. The first-order valence-electron chi connectivity index (χ1n) is 7.89.